The van der Waals surface area contributed by atoms with E-state index in [0.717, 1.165) is 31.8 Å². The summed E-state index contributed by atoms with van der Waals surface area (Å²) in [5, 5.41) is 0. The number of hydrogen-bond donors (Lipinski definition) is 0. The van der Waals surface area contributed by atoms with E-state index in [1.807, 2.05) is 26.0 Å². The molecular formula is C14H24O2. The standard InChI is InChI=1S/C12H18O2.C2H6/c1-11-5-7-12(8-6-11)14-10-4-3-9-13-2;1-2/h5-8H,3-4,9-10H2,1-2H3;1-2H3. The third-order valence-corrected chi connectivity index (χ3v) is 2.03. The van der Waals surface area contributed by atoms with Gasteiger partial charge in [0.15, 0.2) is 0 Å². The maximum Gasteiger partial charge on any atom is 0.119 e. The van der Waals surface area contributed by atoms with Crippen molar-refractivity contribution in [1.82, 2.24) is 0 Å². The van der Waals surface area contributed by atoms with Crippen LogP contribution in [-0.2, 0) is 4.74 Å². The summed E-state index contributed by atoms with van der Waals surface area (Å²) in [7, 11) is 1.72. The third kappa shape index (κ3) is 7.30. The van der Waals surface area contributed by atoms with E-state index in [0.29, 0.717) is 0 Å². The van der Waals surface area contributed by atoms with Crippen LogP contribution in [0.1, 0.15) is 32.3 Å². The van der Waals surface area contributed by atoms with Gasteiger partial charge in [0, 0.05) is 13.7 Å². The van der Waals surface area contributed by atoms with Crippen LogP contribution in [0.4, 0.5) is 0 Å². The van der Waals surface area contributed by atoms with Gasteiger partial charge in [-0.25, -0.2) is 0 Å². The van der Waals surface area contributed by atoms with E-state index in [1.54, 1.807) is 7.11 Å². The molecule has 0 bridgehead atoms. The average Bonchev–Trinajstić information content (AvgIpc) is 2.34. The normalized spacial score (nSPS) is 9.25. The fourth-order valence-electron chi connectivity index (χ4n) is 1.17. The Balaban J connectivity index is 0.00000106. The van der Waals surface area contributed by atoms with Gasteiger partial charge in [0.2, 0.25) is 0 Å². The molecule has 0 aliphatic heterocycles. The van der Waals surface area contributed by atoms with Crippen molar-refractivity contribution in [3.63, 3.8) is 0 Å². The van der Waals surface area contributed by atoms with Crippen LogP contribution in [-0.4, -0.2) is 20.3 Å². The summed E-state index contributed by atoms with van der Waals surface area (Å²) in [5.41, 5.74) is 1.26. The molecule has 0 aromatic heterocycles. The second kappa shape index (κ2) is 10.5. The zero-order valence-corrected chi connectivity index (χ0v) is 11.0. The van der Waals surface area contributed by atoms with Crippen LogP contribution in [0.2, 0.25) is 0 Å². The van der Waals surface area contributed by atoms with Crippen LogP contribution in [0.25, 0.3) is 0 Å². The molecule has 2 heteroatoms. The van der Waals surface area contributed by atoms with Crippen molar-refractivity contribution < 1.29 is 9.47 Å². The lowest BCUT2D eigenvalue weighted by molar-refractivity contribution is 0.184. The predicted molar refractivity (Wildman–Crippen MR) is 69.1 cm³/mol. The molecule has 0 N–H and O–H groups in total. The highest BCUT2D eigenvalue weighted by Gasteiger charge is 1.92. The van der Waals surface area contributed by atoms with Crippen LogP contribution in [0.15, 0.2) is 24.3 Å². The Morgan fingerprint density at radius 1 is 0.938 bits per heavy atom. The van der Waals surface area contributed by atoms with Crippen LogP contribution in [0, 0.1) is 6.92 Å². The Morgan fingerprint density at radius 2 is 1.50 bits per heavy atom. The highest BCUT2D eigenvalue weighted by atomic mass is 16.5. The number of benzene rings is 1. The van der Waals surface area contributed by atoms with Crippen molar-refractivity contribution in [2.45, 2.75) is 33.6 Å². The number of methoxy groups -OCH3 is 1. The highest BCUT2D eigenvalue weighted by Crippen LogP contribution is 2.11. The Kier molecular flexibility index (Phi) is 9.83. The minimum atomic E-state index is 0.770. The quantitative estimate of drug-likeness (QED) is 0.684. The van der Waals surface area contributed by atoms with Gasteiger partial charge in [-0.2, -0.15) is 0 Å². The molecule has 0 aliphatic rings. The molecule has 1 rings (SSSR count). The molecule has 0 radical (unpaired) electrons. The summed E-state index contributed by atoms with van der Waals surface area (Å²) >= 11 is 0. The fourth-order valence-corrected chi connectivity index (χ4v) is 1.17. The SMILES string of the molecule is CC.COCCCCOc1ccc(C)cc1. The second-order valence-corrected chi connectivity index (χ2v) is 3.36. The molecule has 0 spiro atoms. The molecule has 0 aliphatic carbocycles. The summed E-state index contributed by atoms with van der Waals surface area (Å²) in [5.74, 6) is 0.952. The molecule has 1 aromatic carbocycles. The molecule has 92 valence electrons. The molecule has 0 amide bonds. The van der Waals surface area contributed by atoms with E-state index in [4.69, 9.17) is 9.47 Å². The number of unbranched alkanes of at least 4 members (excludes halogenated alkanes) is 1. The van der Waals surface area contributed by atoms with Crippen molar-refractivity contribution in [3.05, 3.63) is 29.8 Å². The predicted octanol–water partition coefficient (Wildman–Crippen LogP) is 3.83. The van der Waals surface area contributed by atoms with Crippen molar-refractivity contribution in [1.29, 1.82) is 0 Å². The Bertz CT molecular complexity index is 241. The van der Waals surface area contributed by atoms with Crippen molar-refractivity contribution >= 4 is 0 Å². The highest BCUT2D eigenvalue weighted by molar-refractivity contribution is 5.26. The van der Waals surface area contributed by atoms with Crippen molar-refractivity contribution in [3.8, 4) is 5.75 Å². The summed E-state index contributed by atoms with van der Waals surface area (Å²) in [4.78, 5) is 0. The number of aryl methyl sites for hydroxylation is 1. The minimum Gasteiger partial charge on any atom is -0.494 e. The van der Waals surface area contributed by atoms with Crippen LogP contribution >= 0.6 is 0 Å². The first kappa shape index (κ1) is 15.0. The summed E-state index contributed by atoms with van der Waals surface area (Å²) in [6.45, 7) is 7.66. The van der Waals surface area contributed by atoms with Gasteiger partial charge >= 0.3 is 0 Å². The van der Waals surface area contributed by atoms with E-state index >= 15 is 0 Å². The van der Waals surface area contributed by atoms with E-state index in [9.17, 15) is 0 Å². The maximum atomic E-state index is 5.55. The lowest BCUT2D eigenvalue weighted by atomic mass is 10.2. The van der Waals surface area contributed by atoms with Crippen molar-refractivity contribution in [2.75, 3.05) is 20.3 Å². The number of ether oxygens (including phenoxy) is 2. The molecule has 0 atom stereocenters. The van der Waals surface area contributed by atoms with E-state index in [-0.39, 0.29) is 0 Å². The van der Waals surface area contributed by atoms with Crippen LogP contribution < -0.4 is 4.74 Å². The third-order valence-electron chi connectivity index (χ3n) is 2.03. The molecule has 0 saturated heterocycles. The first-order chi connectivity index (χ1) is 7.83. The lowest BCUT2D eigenvalue weighted by Gasteiger charge is -2.05. The molecule has 1 aromatic rings. The zero-order chi connectivity index (χ0) is 12.2. The smallest absolute Gasteiger partial charge is 0.119 e. The van der Waals surface area contributed by atoms with Gasteiger partial charge in [0.1, 0.15) is 5.75 Å². The molecule has 0 fully saturated rings. The van der Waals surface area contributed by atoms with Gasteiger partial charge in [0.25, 0.3) is 0 Å². The Morgan fingerprint density at radius 3 is 2.06 bits per heavy atom. The van der Waals surface area contributed by atoms with E-state index in [1.165, 1.54) is 5.56 Å². The van der Waals surface area contributed by atoms with Crippen molar-refractivity contribution in [2.24, 2.45) is 0 Å². The van der Waals surface area contributed by atoms with Crippen LogP contribution in [0.5, 0.6) is 5.75 Å². The average molecular weight is 224 g/mol. The summed E-state index contributed by atoms with van der Waals surface area (Å²) in [6, 6.07) is 8.13. The number of rotatable bonds is 6. The van der Waals surface area contributed by atoms with E-state index < -0.39 is 0 Å². The first-order valence-corrected chi connectivity index (χ1v) is 6.01. The molecule has 0 saturated carbocycles. The van der Waals surface area contributed by atoms with E-state index in [2.05, 4.69) is 19.1 Å². The van der Waals surface area contributed by atoms with Gasteiger partial charge in [-0.05, 0) is 31.9 Å². The largest absolute Gasteiger partial charge is 0.494 e. The molecule has 0 unspecified atom stereocenters. The number of hydrogen-bond acceptors (Lipinski definition) is 2. The van der Waals surface area contributed by atoms with Gasteiger partial charge in [-0.15, -0.1) is 0 Å². The fraction of sp³-hybridized carbons (Fsp3) is 0.571. The second-order valence-electron chi connectivity index (χ2n) is 3.36. The maximum absolute atomic E-state index is 5.55. The van der Waals surface area contributed by atoms with Gasteiger partial charge in [0.05, 0.1) is 6.61 Å². The van der Waals surface area contributed by atoms with Gasteiger partial charge in [-0.3, -0.25) is 0 Å². The minimum absolute atomic E-state index is 0.770. The summed E-state index contributed by atoms with van der Waals surface area (Å²) in [6.07, 6.45) is 2.10. The molecule has 16 heavy (non-hydrogen) atoms. The summed E-state index contributed by atoms with van der Waals surface area (Å²) < 4.78 is 10.5. The Hall–Kier alpha value is -1.02. The lowest BCUT2D eigenvalue weighted by Crippen LogP contribution is -1.99. The van der Waals surface area contributed by atoms with Gasteiger partial charge < -0.3 is 9.47 Å². The topological polar surface area (TPSA) is 18.5 Å². The van der Waals surface area contributed by atoms with Crippen LogP contribution in [0.3, 0.4) is 0 Å². The van der Waals surface area contributed by atoms with Gasteiger partial charge in [-0.1, -0.05) is 31.5 Å². The zero-order valence-electron chi connectivity index (χ0n) is 11.0. The molecule has 2 nitrogen and oxygen atoms in total. The molecule has 0 heterocycles. The monoisotopic (exact) mass is 224 g/mol. The first-order valence-electron chi connectivity index (χ1n) is 6.01. The Labute approximate surface area is 99.6 Å². The molecular weight excluding hydrogens is 200 g/mol.